The number of nitrogens with one attached hydrogen (secondary N) is 1. The van der Waals surface area contributed by atoms with Crippen LogP contribution in [-0.2, 0) is 19.1 Å². The molecule has 0 saturated heterocycles. The molecule has 2 atom stereocenters. The van der Waals surface area contributed by atoms with Gasteiger partial charge in [0.2, 0.25) is 5.91 Å². The number of ether oxygens (including phenoxy) is 1. The number of hydrogen-bond donors (Lipinski definition) is 2. The third-order valence-electron chi connectivity index (χ3n) is 2.18. The normalized spacial score (nSPS) is 14.1. The van der Waals surface area contributed by atoms with E-state index in [4.69, 9.17) is 5.11 Å². The molecule has 0 radical (unpaired) electrons. The Labute approximate surface area is 94.0 Å². The highest BCUT2D eigenvalue weighted by atomic mass is 16.5. The number of esters is 1. The predicted molar refractivity (Wildman–Crippen MR) is 55.6 cm³/mol. The van der Waals surface area contributed by atoms with Gasteiger partial charge in [0.1, 0.15) is 12.0 Å². The average molecular weight is 231 g/mol. The van der Waals surface area contributed by atoms with Gasteiger partial charge in [-0.25, -0.2) is 4.79 Å². The van der Waals surface area contributed by atoms with Crippen molar-refractivity contribution in [2.75, 3.05) is 7.11 Å². The van der Waals surface area contributed by atoms with E-state index in [1.165, 1.54) is 14.0 Å². The van der Waals surface area contributed by atoms with E-state index in [0.29, 0.717) is 0 Å². The maximum Gasteiger partial charge on any atom is 0.328 e. The molecule has 1 amide bonds. The van der Waals surface area contributed by atoms with Crippen LogP contribution in [0.15, 0.2) is 0 Å². The monoisotopic (exact) mass is 231 g/mol. The average Bonchev–Trinajstić information content (AvgIpc) is 2.22. The van der Waals surface area contributed by atoms with Crippen molar-refractivity contribution in [1.82, 2.24) is 5.32 Å². The molecule has 0 aliphatic heterocycles. The highest BCUT2D eigenvalue weighted by molar-refractivity contribution is 5.98. The van der Waals surface area contributed by atoms with Gasteiger partial charge in [-0.1, -0.05) is 13.8 Å². The van der Waals surface area contributed by atoms with Gasteiger partial charge in [-0.05, 0) is 12.8 Å². The minimum Gasteiger partial charge on any atom is -0.481 e. The van der Waals surface area contributed by atoms with E-state index >= 15 is 0 Å². The van der Waals surface area contributed by atoms with Crippen LogP contribution in [0.3, 0.4) is 0 Å². The van der Waals surface area contributed by atoms with E-state index < -0.39 is 29.8 Å². The lowest BCUT2D eigenvalue weighted by Gasteiger charge is -2.20. The lowest BCUT2D eigenvalue weighted by atomic mass is 10.0. The van der Waals surface area contributed by atoms with E-state index in [1.54, 1.807) is 13.8 Å². The number of carboxylic acids is 1. The molecule has 0 rings (SSSR count). The van der Waals surface area contributed by atoms with Crippen molar-refractivity contribution in [2.24, 2.45) is 11.8 Å². The summed E-state index contributed by atoms with van der Waals surface area (Å²) in [5.74, 6) is -3.87. The largest absolute Gasteiger partial charge is 0.481 e. The van der Waals surface area contributed by atoms with E-state index in [0.717, 1.165) is 0 Å². The number of hydrogen-bond acceptors (Lipinski definition) is 4. The quantitative estimate of drug-likeness (QED) is 0.514. The van der Waals surface area contributed by atoms with E-state index in [-0.39, 0.29) is 5.92 Å². The van der Waals surface area contributed by atoms with Gasteiger partial charge < -0.3 is 15.2 Å². The Hall–Kier alpha value is -1.59. The zero-order valence-electron chi connectivity index (χ0n) is 9.81. The molecule has 1 unspecified atom stereocenters. The second-order valence-electron chi connectivity index (χ2n) is 3.81. The first-order chi connectivity index (χ1) is 7.31. The van der Waals surface area contributed by atoms with Crippen LogP contribution in [-0.4, -0.2) is 36.1 Å². The first-order valence-electron chi connectivity index (χ1n) is 4.92. The number of rotatable bonds is 5. The lowest BCUT2D eigenvalue weighted by Crippen LogP contribution is -2.48. The fourth-order valence-corrected chi connectivity index (χ4v) is 1.02. The second kappa shape index (κ2) is 6.09. The molecular weight excluding hydrogens is 214 g/mol. The van der Waals surface area contributed by atoms with Crippen LogP contribution in [0.25, 0.3) is 0 Å². The highest BCUT2D eigenvalue weighted by Crippen LogP contribution is 2.05. The number of aliphatic carboxylic acids is 1. The van der Waals surface area contributed by atoms with Crippen LogP contribution in [0.2, 0.25) is 0 Å². The highest BCUT2D eigenvalue weighted by Gasteiger charge is 2.29. The first-order valence-corrected chi connectivity index (χ1v) is 4.92. The van der Waals surface area contributed by atoms with Gasteiger partial charge in [0.15, 0.2) is 0 Å². The van der Waals surface area contributed by atoms with Crippen LogP contribution in [0.5, 0.6) is 0 Å². The van der Waals surface area contributed by atoms with Gasteiger partial charge in [0.25, 0.3) is 0 Å². The minimum absolute atomic E-state index is 0.169. The van der Waals surface area contributed by atoms with Crippen molar-refractivity contribution in [3.63, 3.8) is 0 Å². The SMILES string of the molecule is COC(=O)[C@@H](NC(=O)C(C)C(=O)O)C(C)C. The van der Waals surface area contributed by atoms with Crippen LogP contribution in [0.1, 0.15) is 20.8 Å². The number of carbonyl (C=O) groups excluding carboxylic acids is 2. The Bertz CT molecular complexity index is 287. The molecular formula is C10H17NO5. The molecule has 0 aromatic rings. The Kier molecular flexibility index (Phi) is 5.49. The number of carboxylic acid groups (broad SMARTS) is 1. The van der Waals surface area contributed by atoms with Crippen molar-refractivity contribution in [2.45, 2.75) is 26.8 Å². The summed E-state index contributed by atoms with van der Waals surface area (Å²) in [5, 5.41) is 11.0. The molecule has 6 heteroatoms. The number of methoxy groups -OCH3 is 1. The van der Waals surface area contributed by atoms with Crippen LogP contribution < -0.4 is 5.32 Å². The third kappa shape index (κ3) is 3.88. The Morgan fingerprint density at radius 2 is 1.69 bits per heavy atom. The summed E-state index contributed by atoms with van der Waals surface area (Å²) < 4.78 is 4.51. The summed E-state index contributed by atoms with van der Waals surface area (Å²) in [6, 6.07) is -0.820. The molecule has 0 aliphatic rings. The number of amides is 1. The fourth-order valence-electron chi connectivity index (χ4n) is 1.02. The summed E-state index contributed by atoms with van der Waals surface area (Å²) in [7, 11) is 1.21. The molecule has 0 heterocycles. The Balaban J connectivity index is 4.59. The molecule has 2 N–H and O–H groups in total. The topological polar surface area (TPSA) is 92.7 Å². The molecule has 0 aromatic carbocycles. The van der Waals surface area contributed by atoms with Crippen molar-refractivity contribution in [3.8, 4) is 0 Å². The summed E-state index contributed by atoms with van der Waals surface area (Å²) >= 11 is 0. The second-order valence-corrected chi connectivity index (χ2v) is 3.81. The van der Waals surface area contributed by atoms with Gasteiger partial charge in [-0.15, -0.1) is 0 Å². The van der Waals surface area contributed by atoms with Crippen LogP contribution in [0.4, 0.5) is 0 Å². The van der Waals surface area contributed by atoms with Gasteiger partial charge in [0.05, 0.1) is 7.11 Å². The maximum absolute atomic E-state index is 11.4. The Morgan fingerprint density at radius 1 is 1.19 bits per heavy atom. The van der Waals surface area contributed by atoms with E-state index in [1.807, 2.05) is 0 Å². The summed E-state index contributed by atoms with van der Waals surface area (Å²) in [6.07, 6.45) is 0. The molecule has 0 spiro atoms. The molecule has 0 aromatic heterocycles. The molecule has 0 bridgehead atoms. The Morgan fingerprint density at radius 3 is 2.00 bits per heavy atom. The first kappa shape index (κ1) is 14.4. The van der Waals surface area contributed by atoms with Crippen molar-refractivity contribution in [3.05, 3.63) is 0 Å². The molecule has 0 aliphatic carbocycles. The fraction of sp³-hybridized carbons (Fsp3) is 0.700. The third-order valence-corrected chi connectivity index (χ3v) is 2.18. The van der Waals surface area contributed by atoms with Gasteiger partial charge in [0, 0.05) is 0 Å². The maximum atomic E-state index is 11.4. The predicted octanol–water partition coefficient (Wildman–Crippen LogP) is 0.0209. The van der Waals surface area contributed by atoms with Gasteiger partial charge in [-0.3, -0.25) is 9.59 Å². The van der Waals surface area contributed by atoms with Crippen molar-refractivity contribution >= 4 is 17.8 Å². The number of carbonyl (C=O) groups is 3. The molecule has 0 fully saturated rings. The van der Waals surface area contributed by atoms with E-state index in [2.05, 4.69) is 10.1 Å². The summed E-state index contributed by atoms with van der Waals surface area (Å²) in [5.41, 5.74) is 0. The van der Waals surface area contributed by atoms with Crippen molar-refractivity contribution in [1.29, 1.82) is 0 Å². The minimum atomic E-state index is -1.23. The standard InChI is InChI=1S/C10H17NO5/c1-5(2)7(10(15)16-4)11-8(12)6(3)9(13)14/h5-7H,1-4H3,(H,11,12)(H,13,14)/t6?,7-/m0/s1. The summed E-state index contributed by atoms with van der Waals surface area (Å²) in [4.78, 5) is 33.3. The summed E-state index contributed by atoms with van der Waals surface area (Å²) in [6.45, 7) is 4.72. The van der Waals surface area contributed by atoms with Gasteiger partial charge >= 0.3 is 11.9 Å². The smallest absolute Gasteiger partial charge is 0.328 e. The zero-order valence-corrected chi connectivity index (χ0v) is 9.81. The van der Waals surface area contributed by atoms with Crippen molar-refractivity contribution < 1.29 is 24.2 Å². The molecule has 16 heavy (non-hydrogen) atoms. The zero-order chi connectivity index (χ0) is 12.9. The van der Waals surface area contributed by atoms with E-state index in [9.17, 15) is 14.4 Å². The lowest BCUT2D eigenvalue weighted by molar-refractivity contribution is -0.151. The van der Waals surface area contributed by atoms with Gasteiger partial charge in [-0.2, -0.15) is 0 Å². The van der Waals surface area contributed by atoms with Crippen LogP contribution in [0, 0.1) is 11.8 Å². The molecule has 0 saturated carbocycles. The molecule has 92 valence electrons. The molecule has 6 nitrogen and oxygen atoms in total. The van der Waals surface area contributed by atoms with Crippen LogP contribution >= 0.6 is 0 Å².